The molecule has 0 spiro atoms. The van der Waals surface area contributed by atoms with Gasteiger partial charge in [0.25, 0.3) is 0 Å². The quantitative estimate of drug-likeness (QED) is 0.745. The minimum atomic E-state index is -2.86. The molecule has 0 bridgehead atoms. The number of halogens is 2. The van der Waals surface area contributed by atoms with Gasteiger partial charge in [-0.1, -0.05) is 31.9 Å². The minimum absolute atomic E-state index is 0.111. The van der Waals surface area contributed by atoms with Crippen LogP contribution in [0.15, 0.2) is 18.2 Å². The van der Waals surface area contributed by atoms with E-state index < -0.39 is 6.61 Å². The highest BCUT2D eigenvalue weighted by Crippen LogP contribution is 2.32. The van der Waals surface area contributed by atoms with Gasteiger partial charge in [0, 0.05) is 18.2 Å². The monoisotopic (exact) mass is 287 g/mol. The Kier molecular flexibility index (Phi) is 7.30. The van der Waals surface area contributed by atoms with Crippen LogP contribution in [0.4, 0.5) is 8.78 Å². The molecule has 1 atom stereocenters. The lowest BCUT2D eigenvalue weighted by Crippen LogP contribution is -2.25. The van der Waals surface area contributed by atoms with Crippen molar-refractivity contribution < 1.29 is 18.3 Å². The Morgan fingerprint density at radius 2 is 2.05 bits per heavy atom. The van der Waals surface area contributed by atoms with Crippen LogP contribution in [-0.2, 0) is 6.54 Å². The summed E-state index contributed by atoms with van der Waals surface area (Å²) in [6.45, 7) is 1.85. The standard InChI is InChI=1S/C15H23F2NO2/c1-4-5-7-11(2)18-10-12-8-6-9-13(19-3)14(12)20-15(16)17/h6,8-9,11,15,18H,4-5,7,10H2,1-3H3. The van der Waals surface area contributed by atoms with E-state index >= 15 is 0 Å². The van der Waals surface area contributed by atoms with Gasteiger partial charge in [-0.25, -0.2) is 0 Å². The third-order valence-electron chi connectivity index (χ3n) is 3.12. The first-order chi connectivity index (χ1) is 9.58. The van der Waals surface area contributed by atoms with Gasteiger partial charge in [-0.15, -0.1) is 0 Å². The Labute approximate surface area is 119 Å². The fourth-order valence-corrected chi connectivity index (χ4v) is 1.98. The van der Waals surface area contributed by atoms with Crippen LogP contribution in [0.5, 0.6) is 11.5 Å². The van der Waals surface area contributed by atoms with Crippen LogP contribution in [0.1, 0.15) is 38.7 Å². The van der Waals surface area contributed by atoms with Gasteiger partial charge >= 0.3 is 6.61 Å². The van der Waals surface area contributed by atoms with Crippen LogP contribution in [0.2, 0.25) is 0 Å². The van der Waals surface area contributed by atoms with Gasteiger partial charge < -0.3 is 14.8 Å². The number of methoxy groups -OCH3 is 1. The molecule has 0 aliphatic rings. The van der Waals surface area contributed by atoms with E-state index in [9.17, 15) is 8.78 Å². The van der Waals surface area contributed by atoms with E-state index in [0.717, 1.165) is 19.3 Å². The summed E-state index contributed by atoms with van der Waals surface area (Å²) in [5, 5.41) is 3.32. The van der Waals surface area contributed by atoms with Crippen LogP contribution in [0.3, 0.4) is 0 Å². The first kappa shape index (κ1) is 16.7. The van der Waals surface area contributed by atoms with Crippen molar-refractivity contribution in [3.8, 4) is 11.5 Å². The highest BCUT2D eigenvalue weighted by molar-refractivity contribution is 5.46. The van der Waals surface area contributed by atoms with Crippen LogP contribution >= 0.6 is 0 Å². The predicted octanol–water partition coefficient (Wildman–Crippen LogP) is 3.96. The topological polar surface area (TPSA) is 30.5 Å². The van der Waals surface area contributed by atoms with E-state index in [-0.39, 0.29) is 5.75 Å². The molecule has 0 heterocycles. The van der Waals surface area contributed by atoms with Crippen molar-refractivity contribution in [3.63, 3.8) is 0 Å². The summed E-state index contributed by atoms with van der Waals surface area (Å²) in [5.41, 5.74) is 0.674. The van der Waals surface area contributed by atoms with E-state index in [1.165, 1.54) is 7.11 Å². The zero-order chi connectivity index (χ0) is 15.0. The molecular weight excluding hydrogens is 264 g/mol. The third-order valence-corrected chi connectivity index (χ3v) is 3.12. The minimum Gasteiger partial charge on any atom is -0.493 e. The normalized spacial score (nSPS) is 12.5. The van der Waals surface area contributed by atoms with Crippen LogP contribution in [0, 0.1) is 0 Å². The number of para-hydroxylation sites is 1. The molecule has 1 aromatic rings. The summed E-state index contributed by atoms with van der Waals surface area (Å²) >= 11 is 0. The summed E-state index contributed by atoms with van der Waals surface area (Å²) in [7, 11) is 1.44. The average molecular weight is 287 g/mol. The lowest BCUT2D eigenvalue weighted by atomic mass is 10.1. The molecule has 0 aliphatic carbocycles. The molecule has 0 fully saturated rings. The predicted molar refractivity (Wildman–Crippen MR) is 75.5 cm³/mol. The highest BCUT2D eigenvalue weighted by Gasteiger charge is 2.15. The Balaban J connectivity index is 2.72. The van der Waals surface area contributed by atoms with Crippen molar-refractivity contribution in [2.24, 2.45) is 0 Å². The molecule has 0 radical (unpaired) electrons. The van der Waals surface area contributed by atoms with Gasteiger partial charge in [-0.3, -0.25) is 0 Å². The van der Waals surface area contributed by atoms with Gasteiger partial charge in [-0.2, -0.15) is 8.78 Å². The SMILES string of the molecule is CCCCC(C)NCc1cccc(OC)c1OC(F)F. The largest absolute Gasteiger partial charge is 0.493 e. The summed E-state index contributed by atoms with van der Waals surface area (Å²) in [5.74, 6) is 0.436. The molecule has 3 nitrogen and oxygen atoms in total. The van der Waals surface area contributed by atoms with Crippen LogP contribution < -0.4 is 14.8 Å². The number of ether oxygens (including phenoxy) is 2. The molecule has 0 saturated carbocycles. The van der Waals surface area contributed by atoms with Gasteiger partial charge in [0.05, 0.1) is 7.11 Å². The van der Waals surface area contributed by atoms with E-state index in [2.05, 4.69) is 23.9 Å². The molecular formula is C15H23F2NO2. The van der Waals surface area contributed by atoms with Gasteiger partial charge in [0.1, 0.15) is 0 Å². The number of alkyl halides is 2. The van der Waals surface area contributed by atoms with Crippen LogP contribution in [-0.4, -0.2) is 19.8 Å². The second-order valence-corrected chi connectivity index (χ2v) is 4.75. The van der Waals surface area contributed by atoms with E-state index in [1.54, 1.807) is 18.2 Å². The molecule has 5 heteroatoms. The van der Waals surface area contributed by atoms with Crippen molar-refractivity contribution in [1.29, 1.82) is 0 Å². The number of hydrogen-bond donors (Lipinski definition) is 1. The molecule has 0 aromatic heterocycles. The maximum atomic E-state index is 12.5. The number of hydrogen-bond acceptors (Lipinski definition) is 3. The lowest BCUT2D eigenvalue weighted by Gasteiger charge is -2.17. The van der Waals surface area contributed by atoms with E-state index in [4.69, 9.17) is 4.74 Å². The average Bonchev–Trinajstić information content (AvgIpc) is 2.43. The molecule has 1 rings (SSSR count). The Morgan fingerprint density at radius 3 is 2.65 bits per heavy atom. The summed E-state index contributed by atoms with van der Waals surface area (Å²) < 4.78 is 34.6. The Hall–Kier alpha value is -1.36. The summed E-state index contributed by atoms with van der Waals surface area (Å²) in [6, 6.07) is 5.48. The maximum absolute atomic E-state index is 12.5. The Bertz CT molecular complexity index is 399. The molecule has 1 N–H and O–H groups in total. The highest BCUT2D eigenvalue weighted by atomic mass is 19.3. The second-order valence-electron chi connectivity index (χ2n) is 4.75. The number of benzene rings is 1. The van der Waals surface area contributed by atoms with E-state index in [1.807, 2.05) is 0 Å². The lowest BCUT2D eigenvalue weighted by molar-refractivity contribution is -0.0518. The maximum Gasteiger partial charge on any atom is 0.387 e. The molecule has 1 unspecified atom stereocenters. The molecule has 0 saturated heterocycles. The number of rotatable bonds is 9. The molecule has 1 aromatic carbocycles. The molecule has 114 valence electrons. The van der Waals surface area contributed by atoms with Crippen molar-refractivity contribution >= 4 is 0 Å². The van der Waals surface area contributed by atoms with Crippen molar-refractivity contribution in [1.82, 2.24) is 5.32 Å². The van der Waals surface area contributed by atoms with Gasteiger partial charge in [0.15, 0.2) is 11.5 Å². The summed E-state index contributed by atoms with van der Waals surface area (Å²) in [4.78, 5) is 0. The van der Waals surface area contributed by atoms with Crippen molar-refractivity contribution in [2.75, 3.05) is 7.11 Å². The molecule has 20 heavy (non-hydrogen) atoms. The molecule has 0 amide bonds. The zero-order valence-electron chi connectivity index (χ0n) is 12.3. The fraction of sp³-hybridized carbons (Fsp3) is 0.600. The first-order valence-corrected chi connectivity index (χ1v) is 6.92. The first-order valence-electron chi connectivity index (χ1n) is 6.92. The summed E-state index contributed by atoms with van der Waals surface area (Å²) in [6.07, 6.45) is 3.35. The zero-order valence-corrected chi connectivity index (χ0v) is 12.3. The van der Waals surface area contributed by atoms with Gasteiger partial charge in [0.2, 0.25) is 0 Å². The third kappa shape index (κ3) is 5.33. The second kappa shape index (κ2) is 8.74. The van der Waals surface area contributed by atoms with Gasteiger partial charge in [-0.05, 0) is 19.4 Å². The van der Waals surface area contributed by atoms with Crippen molar-refractivity contribution in [3.05, 3.63) is 23.8 Å². The smallest absolute Gasteiger partial charge is 0.387 e. The van der Waals surface area contributed by atoms with Crippen molar-refractivity contribution in [2.45, 2.75) is 52.3 Å². The number of unbranched alkanes of at least 4 members (excludes halogenated alkanes) is 1. The van der Waals surface area contributed by atoms with E-state index in [0.29, 0.717) is 23.9 Å². The number of nitrogens with one attached hydrogen (secondary N) is 1. The van der Waals surface area contributed by atoms with Crippen LogP contribution in [0.25, 0.3) is 0 Å². The Morgan fingerprint density at radius 1 is 1.30 bits per heavy atom. The molecule has 0 aliphatic heterocycles. The fourth-order valence-electron chi connectivity index (χ4n) is 1.98.